The minimum atomic E-state index is -0.604. The van der Waals surface area contributed by atoms with Gasteiger partial charge in [-0.1, -0.05) is 43.7 Å². The second-order valence-electron chi connectivity index (χ2n) is 5.48. The molecule has 2 N–H and O–H groups in total. The van der Waals surface area contributed by atoms with Crippen LogP contribution in [0.2, 0.25) is 0 Å². The third kappa shape index (κ3) is 2.64. The molecule has 0 fully saturated rings. The SMILES string of the molecule is CCCCN1C(=O)C(c2ccccc2)Oc2cc(N)ccc21. The zero-order valence-corrected chi connectivity index (χ0v) is 12.7. The number of hydrogen-bond acceptors (Lipinski definition) is 3. The Balaban J connectivity index is 2.01. The van der Waals surface area contributed by atoms with Crippen LogP contribution in [0.3, 0.4) is 0 Å². The molecule has 4 heteroatoms. The molecule has 22 heavy (non-hydrogen) atoms. The Morgan fingerprint density at radius 3 is 2.68 bits per heavy atom. The summed E-state index contributed by atoms with van der Waals surface area (Å²) in [7, 11) is 0. The van der Waals surface area contributed by atoms with E-state index in [9.17, 15) is 4.79 Å². The number of benzene rings is 2. The highest BCUT2D eigenvalue weighted by atomic mass is 16.5. The molecule has 0 bridgehead atoms. The number of fused-ring (bicyclic) bond motifs is 1. The van der Waals surface area contributed by atoms with E-state index in [-0.39, 0.29) is 5.91 Å². The number of amides is 1. The summed E-state index contributed by atoms with van der Waals surface area (Å²) in [4.78, 5) is 14.7. The van der Waals surface area contributed by atoms with Crippen molar-refractivity contribution < 1.29 is 9.53 Å². The highest BCUT2D eigenvalue weighted by molar-refractivity contribution is 6.00. The molecule has 2 aromatic rings. The summed E-state index contributed by atoms with van der Waals surface area (Å²) < 4.78 is 5.95. The summed E-state index contributed by atoms with van der Waals surface area (Å²) in [6.07, 6.45) is 1.38. The lowest BCUT2D eigenvalue weighted by Crippen LogP contribution is -2.41. The summed E-state index contributed by atoms with van der Waals surface area (Å²) in [6.45, 7) is 2.81. The minimum absolute atomic E-state index is 0.0167. The van der Waals surface area contributed by atoms with E-state index in [0.29, 0.717) is 18.0 Å². The van der Waals surface area contributed by atoms with Gasteiger partial charge in [0.2, 0.25) is 6.10 Å². The van der Waals surface area contributed by atoms with Crippen LogP contribution in [0.4, 0.5) is 11.4 Å². The van der Waals surface area contributed by atoms with E-state index < -0.39 is 6.10 Å². The van der Waals surface area contributed by atoms with E-state index in [1.54, 1.807) is 12.1 Å². The molecule has 0 saturated heterocycles. The van der Waals surface area contributed by atoms with Gasteiger partial charge < -0.3 is 15.4 Å². The third-order valence-corrected chi connectivity index (χ3v) is 3.85. The maximum atomic E-state index is 12.8. The number of carbonyl (C=O) groups is 1. The normalized spacial score (nSPS) is 17.0. The summed E-state index contributed by atoms with van der Waals surface area (Å²) in [5.41, 5.74) is 8.17. The van der Waals surface area contributed by atoms with Gasteiger partial charge in [-0.25, -0.2) is 0 Å². The van der Waals surface area contributed by atoms with E-state index in [4.69, 9.17) is 10.5 Å². The van der Waals surface area contributed by atoms with E-state index in [0.717, 1.165) is 24.1 Å². The average Bonchev–Trinajstić information content (AvgIpc) is 2.54. The first-order chi connectivity index (χ1) is 10.7. The predicted molar refractivity (Wildman–Crippen MR) is 87.9 cm³/mol. The van der Waals surface area contributed by atoms with Gasteiger partial charge in [0.25, 0.3) is 5.91 Å². The first-order valence-electron chi connectivity index (χ1n) is 7.63. The van der Waals surface area contributed by atoms with E-state index in [2.05, 4.69) is 6.92 Å². The smallest absolute Gasteiger partial charge is 0.272 e. The molecule has 2 aromatic carbocycles. The van der Waals surface area contributed by atoms with Gasteiger partial charge in [-0.05, 0) is 18.6 Å². The Hall–Kier alpha value is -2.49. The number of rotatable bonds is 4. The van der Waals surface area contributed by atoms with E-state index >= 15 is 0 Å². The molecule has 0 aliphatic carbocycles. The van der Waals surface area contributed by atoms with Crippen molar-refractivity contribution in [1.82, 2.24) is 0 Å². The molecule has 0 aromatic heterocycles. The maximum absolute atomic E-state index is 12.8. The van der Waals surface area contributed by atoms with Crippen molar-refractivity contribution in [3.05, 3.63) is 54.1 Å². The molecule has 114 valence electrons. The van der Waals surface area contributed by atoms with Crippen LogP contribution < -0.4 is 15.4 Å². The van der Waals surface area contributed by atoms with Crippen molar-refractivity contribution in [2.45, 2.75) is 25.9 Å². The monoisotopic (exact) mass is 296 g/mol. The first-order valence-corrected chi connectivity index (χ1v) is 7.63. The highest BCUT2D eigenvalue weighted by Gasteiger charge is 2.35. The number of nitrogens with zero attached hydrogens (tertiary/aromatic N) is 1. The van der Waals surface area contributed by atoms with Gasteiger partial charge in [0.15, 0.2) is 0 Å². The van der Waals surface area contributed by atoms with E-state index in [1.165, 1.54) is 0 Å². The second-order valence-corrected chi connectivity index (χ2v) is 5.48. The molecule has 0 saturated carbocycles. The quantitative estimate of drug-likeness (QED) is 0.878. The topological polar surface area (TPSA) is 55.6 Å². The third-order valence-electron chi connectivity index (χ3n) is 3.85. The Labute approximate surface area is 130 Å². The van der Waals surface area contributed by atoms with Crippen LogP contribution >= 0.6 is 0 Å². The van der Waals surface area contributed by atoms with Crippen LogP contribution in [0.15, 0.2) is 48.5 Å². The van der Waals surface area contributed by atoms with Crippen LogP contribution in [0.25, 0.3) is 0 Å². The van der Waals surface area contributed by atoms with Gasteiger partial charge in [-0.15, -0.1) is 0 Å². The van der Waals surface area contributed by atoms with Crippen LogP contribution in [0.5, 0.6) is 5.75 Å². The lowest BCUT2D eigenvalue weighted by atomic mass is 10.0. The molecule has 0 spiro atoms. The second kappa shape index (κ2) is 6.10. The molecule has 3 rings (SSSR count). The van der Waals surface area contributed by atoms with Crippen LogP contribution in [-0.2, 0) is 4.79 Å². The van der Waals surface area contributed by atoms with Gasteiger partial charge in [0, 0.05) is 23.9 Å². The summed E-state index contributed by atoms with van der Waals surface area (Å²) in [6, 6.07) is 15.0. The van der Waals surface area contributed by atoms with E-state index in [1.807, 2.05) is 41.3 Å². The number of nitrogen functional groups attached to an aromatic ring is 1. The molecule has 1 heterocycles. The van der Waals surface area contributed by atoms with Crippen LogP contribution in [-0.4, -0.2) is 12.5 Å². The Kier molecular flexibility index (Phi) is 4.00. The molecular weight excluding hydrogens is 276 g/mol. The zero-order chi connectivity index (χ0) is 15.5. The Morgan fingerprint density at radius 1 is 1.18 bits per heavy atom. The summed E-state index contributed by atoms with van der Waals surface area (Å²) in [5.74, 6) is 0.654. The lowest BCUT2D eigenvalue weighted by Gasteiger charge is -2.34. The molecule has 1 unspecified atom stereocenters. The largest absolute Gasteiger partial charge is 0.474 e. The van der Waals surface area contributed by atoms with Gasteiger partial charge in [-0.3, -0.25) is 4.79 Å². The average molecular weight is 296 g/mol. The molecule has 1 aliphatic rings. The van der Waals surface area contributed by atoms with Gasteiger partial charge in [0.05, 0.1) is 5.69 Å². The number of nitrogens with two attached hydrogens (primary N) is 1. The molecule has 1 atom stereocenters. The number of anilines is 2. The van der Waals surface area contributed by atoms with Gasteiger partial charge >= 0.3 is 0 Å². The number of carbonyl (C=O) groups excluding carboxylic acids is 1. The number of hydrogen-bond donors (Lipinski definition) is 1. The van der Waals surface area contributed by atoms with Crippen molar-refractivity contribution in [3.63, 3.8) is 0 Å². The van der Waals surface area contributed by atoms with Crippen molar-refractivity contribution in [2.24, 2.45) is 0 Å². The molecular formula is C18H20N2O2. The summed E-state index contributed by atoms with van der Waals surface area (Å²) >= 11 is 0. The van der Waals surface area contributed by atoms with Crippen molar-refractivity contribution in [2.75, 3.05) is 17.2 Å². The fraction of sp³-hybridized carbons (Fsp3) is 0.278. The molecule has 1 aliphatic heterocycles. The predicted octanol–water partition coefficient (Wildman–Crippen LogP) is 3.54. The standard InChI is InChI=1S/C18H20N2O2/c1-2-3-11-20-15-10-9-14(19)12-16(15)22-17(18(20)21)13-7-5-4-6-8-13/h4-10,12,17H,2-3,11,19H2,1H3. The Bertz CT molecular complexity index is 670. The first kappa shape index (κ1) is 14.4. The molecule has 4 nitrogen and oxygen atoms in total. The number of unbranched alkanes of at least 4 members (excludes halogenated alkanes) is 1. The number of ether oxygens (including phenoxy) is 1. The van der Waals surface area contributed by atoms with Gasteiger partial charge in [-0.2, -0.15) is 0 Å². The molecule has 1 amide bonds. The molecule has 0 radical (unpaired) electrons. The fourth-order valence-corrected chi connectivity index (χ4v) is 2.67. The van der Waals surface area contributed by atoms with Crippen molar-refractivity contribution >= 4 is 17.3 Å². The highest BCUT2D eigenvalue weighted by Crippen LogP contribution is 2.40. The minimum Gasteiger partial charge on any atom is -0.474 e. The lowest BCUT2D eigenvalue weighted by molar-refractivity contribution is -0.126. The fourth-order valence-electron chi connectivity index (χ4n) is 2.67. The van der Waals surface area contributed by atoms with Crippen LogP contribution in [0, 0.1) is 0 Å². The van der Waals surface area contributed by atoms with Gasteiger partial charge in [0.1, 0.15) is 5.75 Å². The maximum Gasteiger partial charge on any atom is 0.272 e. The zero-order valence-electron chi connectivity index (χ0n) is 12.7. The van der Waals surface area contributed by atoms with Crippen molar-refractivity contribution in [3.8, 4) is 5.75 Å². The van der Waals surface area contributed by atoms with Crippen LogP contribution in [0.1, 0.15) is 31.4 Å². The van der Waals surface area contributed by atoms with Crippen molar-refractivity contribution in [1.29, 1.82) is 0 Å². The summed E-state index contributed by atoms with van der Waals surface area (Å²) in [5, 5.41) is 0. The Morgan fingerprint density at radius 2 is 1.95 bits per heavy atom.